The molecule has 0 aromatic heterocycles. The summed E-state index contributed by atoms with van der Waals surface area (Å²) in [5, 5.41) is 2.51. The molecule has 0 atom stereocenters. The molecule has 1 rings (SSSR count). The van der Waals surface area contributed by atoms with Crippen LogP contribution in [0.2, 0.25) is 0 Å². The van der Waals surface area contributed by atoms with E-state index in [9.17, 15) is 13.2 Å². The van der Waals surface area contributed by atoms with Crippen molar-refractivity contribution in [3.63, 3.8) is 0 Å². The summed E-state index contributed by atoms with van der Waals surface area (Å²) in [5.41, 5.74) is 1.84. The second kappa shape index (κ2) is 7.31. The summed E-state index contributed by atoms with van der Waals surface area (Å²) in [6.07, 6.45) is -0.570. The molecule has 23 heavy (non-hydrogen) atoms. The van der Waals surface area contributed by atoms with Gasteiger partial charge in [0.1, 0.15) is 5.60 Å². The van der Waals surface area contributed by atoms with Gasteiger partial charge >= 0.3 is 6.09 Å². The third kappa shape index (κ3) is 6.19. The first-order chi connectivity index (χ1) is 10.4. The number of alkyl carbamates (subject to hydrolysis) is 1. The van der Waals surface area contributed by atoms with Crippen molar-refractivity contribution in [2.75, 3.05) is 13.1 Å². The predicted octanol–water partition coefficient (Wildman–Crippen LogP) is 2.41. The smallest absolute Gasteiger partial charge is 0.407 e. The highest BCUT2D eigenvalue weighted by atomic mass is 32.2. The Morgan fingerprint density at radius 2 is 1.61 bits per heavy atom. The third-order valence-corrected chi connectivity index (χ3v) is 4.72. The standard InChI is InChI=1S/C16H26N2O4S/c1-11-9-12(2)14(13(3)10-11)23(20,21)18-8-7-17-15(19)22-16(4,5)6/h9-10,18H,7-8H2,1-6H3,(H,17,19). The molecule has 0 saturated heterocycles. The van der Waals surface area contributed by atoms with Crippen LogP contribution >= 0.6 is 0 Å². The van der Waals surface area contributed by atoms with E-state index in [0.29, 0.717) is 16.0 Å². The second-order valence-electron chi connectivity index (χ2n) is 6.55. The lowest BCUT2D eigenvalue weighted by atomic mass is 10.1. The number of benzene rings is 1. The quantitative estimate of drug-likeness (QED) is 0.805. The van der Waals surface area contributed by atoms with Gasteiger partial charge in [-0.05, 0) is 52.7 Å². The number of carbonyl (C=O) groups is 1. The van der Waals surface area contributed by atoms with Gasteiger partial charge in [-0.25, -0.2) is 17.9 Å². The van der Waals surface area contributed by atoms with E-state index in [1.807, 2.05) is 19.1 Å². The van der Waals surface area contributed by atoms with Gasteiger partial charge < -0.3 is 10.1 Å². The van der Waals surface area contributed by atoms with E-state index in [0.717, 1.165) is 5.56 Å². The lowest BCUT2D eigenvalue weighted by molar-refractivity contribution is 0.0529. The summed E-state index contributed by atoms with van der Waals surface area (Å²) in [4.78, 5) is 11.8. The lowest BCUT2D eigenvalue weighted by Gasteiger charge is -2.19. The number of hydrogen-bond donors (Lipinski definition) is 2. The minimum Gasteiger partial charge on any atom is -0.444 e. The monoisotopic (exact) mass is 342 g/mol. The zero-order valence-electron chi connectivity index (χ0n) is 14.6. The molecule has 0 saturated carbocycles. The average Bonchev–Trinajstić information content (AvgIpc) is 2.30. The van der Waals surface area contributed by atoms with Crippen LogP contribution in [0.15, 0.2) is 17.0 Å². The van der Waals surface area contributed by atoms with Crippen LogP contribution in [0.1, 0.15) is 37.5 Å². The number of carbonyl (C=O) groups excluding carboxylic acids is 1. The Morgan fingerprint density at radius 3 is 2.09 bits per heavy atom. The van der Waals surface area contributed by atoms with Crippen molar-refractivity contribution in [3.8, 4) is 0 Å². The molecule has 0 radical (unpaired) electrons. The van der Waals surface area contributed by atoms with Gasteiger partial charge in [0, 0.05) is 13.1 Å². The van der Waals surface area contributed by atoms with E-state index < -0.39 is 21.7 Å². The van der Waals surface area contributed by atoms with Crippen LogP contribution in [0.3, 0.4) is 0 Å². The van der Waals surface area contributed by atoms with Gasteiger partial charge in [-0.1, -0.05) is 17.7 Å². The second-order valence-corrected chi connectivity index (χ2v) is 8.26. The van der Waals surface area contributed by atoms with E-state index in [1.165, 1.54) is 0 Å². The maximum atomic E-state index is 12.4. The van der Waals surface area contributed by atoms with E-state index in [2.05, 4.69) is 10.0 Å². The van der Waals surface area contributed by atoms with Gasteiger partial charge in [0.25, 0.3) is 0 Å². The number of aryl methyl sites for hydroxylation is 3. The minimum atomic E-state index is -3.61. The van der Waals surface area contributed by atoms with Gasteiger partial charge in [0.05, 0.1) is 4.90 Å². The molecule has 7 heteroatoms. The summed E-state index contributed by atoms with van der Waals surface area (Å²) >= 11 is 0. The summed E-state index contributed by atoms with van der Waals surface area (Å²) < 4.78 is 32.4. The van der Waals surface area contributed by atoms with Gasteiger partial charge in [0.15, 0.2) is 0 Å². The Balaban J connectivity index is 2.63. The average molecular weight is 342 g/mol. The van der Waals surface area contributed by atoms with Crippen molar-refractivity contribution in [2.24, 2.45) is 0 Å². The highest BCUT2D eigenvalue weighted by molar-refractivity contribution is 7.89. The van der Waals surface area contributed by atoms with Gasteiger partial charge in [0.2, 0.25) is 10.0 Å². The van der Waals surface area contributed by atoms with E-state index in [1.54, 1.807) is 34.6 Å². The molecule has 1 aromatic rings. The molecule has 2 N–H and O–H groups in total. The van der Waals surface area contributed by atoms with Gasteiger partial charge in [-0.3, -0.25) is 0 Å². The van der Waals surface area contributed by atoms with Crippen LogP contribution in [0.4, 0.5) is 4.79 Å². The first kappa shape index (κ1) is 19.4. The number of amides is 1. The minimum absolute atomic E-state index is 0.0916. The molecule has 0 fully saturated rings. The first-order valence-electron chi connectivity index (χ1n) is 7.47. The van der Waals surface area contributed by atoms with Crippen molar-refractivity contribution >= 4 is 16.1 Å². The van der Waals surface area contributed by atoms with Crippen LogP contribution in [-0.4, -0.2) is 33.2 Å². The number of ether oxygens (including phenoxy) is 1. The van der Waals surface area contributed by atoms with E-state index in [4.69, 9.17) is 4.74 Å². The van der Waals surface area contributed by atoms with Crippen LogP contribution in [0, 0.1) is 20.8 Å². The van der Waals surface area contributed by atoms with Crippen LogP contribution < -0.4 is 10.0 Å². The molecule has 1 amide bonds. The Morgan fingerprint density at radius 1 is 1.09 bits per heavy atom. The highest BCUT2D eigenvalue weighted by Crippen LogP contribution is 2.21. The van der Waals surface area contributed by atoms with Gasteiger partial charge in [-0.2, -0.15) is 0 Å². The molecule has 6 nitrogen and oxygen atoms in total. The predicted molar refractivity (Wildman–Crippen MR) is 90.1 cm³/mol. The van der Waals surface area contributed by atoms with Crippen molar-refractivity contribution < 1.29 is 17.9 Å². The van der Waals surface area contributed by atoms with E-state index in [-0.39, 0.29) is 13.1 Å². The Kier molecular flexibility index (Phi) is 6.18. The molecule has 0 bridgehead atoms. The molecule has 130 valence electrons. The Hall–Kier alpha value is -1.60. The molecular formula is C16H26N2O4S. The molecule has 1 aromatic carbocycles. The summed E-state index contributed by atoms with van der Waals surface area (Å²) in [6, 6.07) is 3.67. The van der Waals surface area contributed by atoms with Crippen molar-refractivity contribution in [3.05, 3.63) is 28.8 Å². The number of nitrogens with one attached hydrogen (secondary N) is 2. The molecular weight excluding hydrogens is 316 g/mol. The molecule has 0 spiro atoms. The number of sulfonamides is 1. The normalized spacial score (nSPS) is 12.1. The summed E-state index contributed by atoms with van der Waals surface area (Å²) in [5.74, 6) is 0. The Bertz CT molecular complexity index is 653. The van der Waals surface area contributed by atoms with Crippen molar-refractivity contribution in [2.45, 2.75) is 52.0 Å². The van der Waals surface area contributed by atoms with Crippen LogP contribution in [0.25, 0.3) is 0 Å². The fourth-order valence-electron chi connectivity index (χ4n) is 2.33. The largest absolute Gasteiger partial charge is 0.444 e. The number of rotatable bonds is 5. The highest BCUT2D eigenvalue weighted by Gasteiger charge is 2.20. The topological polar surface area (TPSA) is 84.5 Å². The van der Waals surface area contributed by atoms with E-state index >= 15 is 0 Å². The molecule has 0 aliphatic heterocycles. The fourth-order valence-corrected chi connectivity index (χ4v) is 3.81. The lowest BCUT2D eigenvalue weighted by Crippen LogP contribution is -2.38. The number of hydrogen-bond acceptors (Lipinski definition) is 4. The van der Waals surface area contributed by atoms with Gasteiger partial charge in [-0.15, -0.1) is 0 Å². The zero-order valence-corrected chi connectivity index (χ0v) is 15.4. The third-order valence-electron chi connectivity index (χ3n) is 2.96. The Labute approximate surface area is 138 Å². The zero-order chi connectivity index (χ0) is 17.8. The molecule has 0 aliphatic carbocycles. The van der Waals surface area contributed by atoms with Crippen LogP contribution in [-0.2, 0) is 14.8 Å². The maximum Gasteiger partial charge on any atom is 0.407 e. The van der Waals surface area contributed by atoms with Crippen molar-refractivity contribution in [1.29, 1.82) is 0 Å². The van der Waals surface area contributed by atoms with Crippen LogP contribution in [0.5, 0.6) is 0 Å². The fraction of sp³-hybridized carbons (Fsp3) is 0.562. The van der Waals surface area contributed by atoms with Crippen molar-refractivity contribution in [1.82, 2.24) is 10.0 Å². The summed E-state index contributed by atoms with van der Waals surface area (Å²) in [7, 11) is -3.61. The SMILES string of the molecule is Cc1cc(C)c(S(=O)(=O)NCCNC(=O)OC(C)(C)C)c(C)c1. The molecule has 0 heterocycles. The summed E-state index contributed by atoms with van der Waals surface area (Å²) in [6.45, 7) is 11.0. The molecule has 0 unspecified atom stereocenters. The first-order valence-corrected chi connectivity index (χ1v) is 8.95. The molecule has 0 aliphatic rings. The maximum absolute atomic E-state index is 12.4.